The van der Waals surface area contributed by atoms with Crippen molar-refractivity contribution in [2.24, 2.45) is 0 Å². The summed E-state index contributed by atoms with van der Waals surface area (Å²) in [5.41, 5.74) is 2.52. The number of carbonyl (C=O) groups is 1. The molecule has 4 nitrogen and oxygen atoms in total. The van der Waals surface area contributed by atoms with Crippen molar-refractivity contribution in [3.63, 3.8) is 0 Å². The lowest BCUT2D eigenvalue weighted by Crippen LogP contribution is -2.26. The quantitative estimate of drug-likeness (QED) is 0.659. The van der Waals surface area contributed by atoms with E-state index in [-0.39, 0.29) is 10.9 Å². The van der Waals surface area contributed by atoms with Gasteiger partial charge in [0.1, 0.15) is 0 Å². The number of aromatic nitrogens is 2. The Balaban J connectivity index is 1.68. The molecule has 6 heteroatoms. The fraction of sp³-hybridized carbons (Fsp3) is 0.158. The van der Waals surface area contributed by atoms with Crippen LogP contribution in [0.3, 0.4) is 0 Å². The normalized spacial score (nSPS) is 10.7. The number of rotatable bonds is 5. The Labute approximate surface area is 156 Å². The fourth-order valence-electron chi connectivity index (χ4n) is 2.57. The minimum atomic E-state index is -0.177. The average molecular weight is 374 g/mol. The van der Waals surface area contributed by atoms with Gasteiger partial charge in [-0.2, -0.15) is 5.10 Å². The monoisotopic (exact) mass is 373 g/mol. The standard InChI is InChI=1S/C19H17Cl2N3O/c1-23(19(25)16-8-5-9-17(20)18(16)21)11-15-10-22-24(13-15)12-14-6-3-2-4-7-14/h2-10,13H,11-12H2,1H3. The van der Waals surface area contributed by atoms with Crippen molar-refractivity contribution in [1.82, 2.24) is 14.7 Å². The lowest BCUT2D eigenvalue weighted by Gasteiger charge is -2.17. The van der Waals surface area contributed by atoms with Crippen LogP contribution >= 0.6 is 23.2 Å². The van der Waals surface area contributed by atoms with E-state index >= 15 is 0 Å². The number of nitrogens with zero attached hydrogens (tertiary/aromatic N) is 3. The third kappa shape index (κ3) is 4.21. The van der Waals surface area contributed by atoms with E-state index in [4.69, 9.17) is 23.2 Å². The molecule has 0 bridgehead atoms. The number of hydrogen-bond acceptors (Lipinski definition) is 2. The van der Waals surface area contributed by atoms with Crippen molar-refractivity contribution >= 4 is 29.1 Å². The second kappa shape index (κ2) is 7.72. The van der Waals surface area contributed by atoms with Gasteiger partial charge in [0.15, 0.2) is 0 Å². The number of benzene rings is 2. The Morgan fingerprint density at radius 2 is 1.84 bits per heavy atom. The number of amides is 1. The van der Waals surface area contributed by atoms with Gasteiger partial charge in [-0.1, -0.05) is 59.6 Å². The molecule has 0 atom stereocenters. The van der Waals surface area contributed by atoms with Crippen LogP contribution in [0.2, 0.25) is 10.0 Å². The van der Waals surface area contributed by atoms with E-state index in [0.29, 0.717) is 23.7 Å². The summed E-state index contributed by atoms with van der Waals surface area (Å²) in [6.45, 7) is 1.13. The van der Waals surface area contributed by atoms with E-state index in [0.717, 1.165) is 5.56 Å². The Morgan fingerprint density at radius 3 is 2.60 bits per heavy atom. The number of hydrogen-bond donors (Lipinski definition) is 0. The van der Waals surface area contributed by atoms with Crippen LogP contribution in [0, 0.1) is 0 Å². The highest BCUT2D eigenvalue weighted by Crippen LogP contribution is 2.26. The molecule has 0 aliphatic heterocycles. The van der Waals surface area contributed by atoms with Crippen molar-refractivity contribution in [1.29, 1.82) is 0 Å². The summed E-state index contributed by atoms with van der Waals surface area (Å²) in [5.74, 6) is -0.177. The third-order valence-electron chi connectivity index (χ3n) is 3.82. The second-order valence-electron chi connectivity index (χ2n) is 5.79. The van der Waals surface area contributed by atoms with Crippen LogP contribution in [0.15, 0.2) is 60.9 Å². The molecule has 0 aliphatic rings. The minimum Gasteiger partial charge on any atom is -0.337 e. The van der Waals surface area contributed by atoms with E-state index in [2.05, 4.69) is 17.2 Å². The van der Waals surface area contributed by atoms with Crippen molar-refractivity contribution in [3.05, 3.63) is 87.7 Å². The summed E-state index contributed by atoms with van der Waals surface area (Å²) in [6.07, 6.45) is 3.71. The van der Waals surface area contributed by atoms with E-state index in [9.17, 15) is 4.79 Å². The van der Waals surface area contributed by atoms with E-state index < -0.39 is 0 Å². The average Bonchev–Trinajstić information content (AvgIpc) is 3.04. The maximum atomic E-state index is 12.6. The summed E-state index contributed by atoms with van der Waals surface area (Å²) in [5, 5.41) is 5.01. The summed E-state index contributed by atoms with van der Waals surface area (Å²) in [6, 6.07) is 15.1. The van der Waals surface area contributed by atoms with Gasteiger partial charge in [0.2, 0.25) is 0 Å². The first-order valence-corrected chi connectivity index (χ1v) is 8.55. The lowest BCUT2D eigenvalue weighted by molar-refractivity contribution is 0.0785. The van der Waals surface area contributed by atoms with Gasteiger partial charge in [0.05, 0.1) is 28.4 Å². The van der Waals surface area contributed by atoms with Crippen molar-refractivity contribution in [3.8, 4) is 0 Å². The zero-order valence-corrected chi connectivity index (χ0v) is 15.2. The highest BCUT2D eigenvalue weighted by molar-refractivity contribution is 6.43. The topological polar surface area (TPSA) is 38.1 Å². The van der Waals surface area contributed by atoms with Gasteiger partial charge in [0.25, 0.3) is 5.91 Å². The predicted molar refractivity (Wildman–Crippen MR) is 100 cm³/mol. The number of halogens is 2. The molecule has 0 aliphatic carbocycles. The van der Waals surface area contributed by atoms with Crippen LogP contribution in [0.4, 0.5) is 0 Å². The van der Waals surface area contributed by atoms with Crippen LogP contribution < -0.4 is 0 Å². The van der Waals surface area contributed by atoms with Crippen molar-refractivity contribution in [2.45, 2.75) is 13.1 Å². The van der Waals surface area contributed by atoms with Gasteiger partial charge in [0, 0.05) is 25.4 Å². The van der Waals surface area contributed by atoms with Gasteiger partial charge < -0.3 is 4.90 Å². The Morgan fingerprint density at radius 1 is 1.08 bits per heavy atom. The fourth-order valence-corrected chi connectivity index (χ4v) is 2.95. The molecular weight excluding hydrogens is 357 g/mol. The van der Waals surface area contributed by atoms with Crippen LogP contribution in [0.1, 0.15) is 21.5 Å². The van der Waals surface area contributed by atoms with Gasteiger partial charge >= 0.3 is 0 Å². The zero-order valence-electron chi connectivity index (χ0n) is 13.7. The van der Waals surface area contributed by atoms with E-state index in [1.165, 1.54) is 5.56 Å². The minimum absolute atomic E-state index is 0.177. The molecule has 128 valence electrons. The van der Waals surface area contributed by atoms with Crippen LogP contribution in [-0.4, -0.2) is 27.6 Å². The van der Waals surface area contributed by atoms with Gasteiger partial charge in [-0.05, 0) is 17.7 Å². The second-order valence-corrected chi connectivity index (χ2v) is 6.58. The van der Waals surface area contributed by atoms with Crippen LogP contribution in [-0.2, 0) is 13.1 Å². The van der Waals surface area contributed by atoms with Crippen molar-refractivity contribution < 1.29 is 4.79 Å². The predicted octanol–water partition coefficient (Wildman–Crippen LogP) is 4.51. The molecule has 1 heterocycles. The molecule has 3 rings (SSSR count). The van der Waals surface area contributed by atoms with Gasteiger partial charge in [-0.25, -0.2) is 0 Å². The summed E-state index contributed by atoms with van der Waals surface area (Å²) < 4.78 is 1.86. The summed E-state index contributed by atoms with van der Waals surface area (Å²) >= 11 is 12.1. The first-order chi connectivity index (χ1) is 12.0. The molecule has 2 aromatic carbocycles. The molecule has 0 N–H and O–H groups in total. The molecular formula is C19H17Cl2N3O. The molecule has 0 radical (unpaired) electrons. The van der Waals surface area contributed by atoms with Gasteiger partial charge in [-0.3, -0.25) is 9.48 Å². The first kappa shape index (κ1) is 17.5. The maximum absolute atomic E-state index is 12.6. The van der Waals surface area contributed by atoms with Gasteiger partial charge in [-0.15, -0.1) is 0 Å². The van der Waals surface area contributed by atoms with Crippen LogP contribution in [0.25, 0.3) is 0 Å². The molecule has 1 aromatic heterocycles. The molecule has 25 heavy (non-hydrogen) atoms. The highest BCUT2D eigenvalue weighted by atomic mass is 35.5. The molecule has 0 unspecified atom stereocenters. The third-order valence-corrected chi connectivity index (χ3v) is 4.64. The first-order valence-electron chi connectivity index (χ1n) is 7.79. The number of carbonyl (C=O) groups excluding carboxylic acids is 1. The highest BCUT2D eigenvalue weighted by Gasteiger charge is 2.17. The van der Waals surface area contributed by atoms with Crippen molar-refractivity contribution in [2.75, 3.05) is 7.05 Å². The summed E-state index contributed by atoms with van der Waals surface area (Å²) in [7, 11) is 1.73. The Bertz CT molecular complexity index is 877. The Kier molecular flexibility index (Phi) is 5.41. The molecule has 0 saturated heterocycles. The maximum Gasteiger partial charge on any atom is 0.255 e. The summed E-state index contributed by atoms with van der Waals surface area (Å²) in [4.78, 5) is 14.2. The van der Waals surface area contributed by atoms with E-state index in [1.54, 1.807) is 36.3 Å². The molecule has 0 spiro atoms. The molecule has 1 amide bonds. The lowest BCUT2D eigenvalue weighted by atomic mass is 10.2. The smallest absolute Gasteiger partial charge is 0.255 e. The zero-order chi connectivity index (χ0) is 17.8. The molecule has 0 fully saturated rings. The molecule has 0 saturated carbocycles. The Hall–Kier alpha value is -2.30. The van der Waals surface area contributed by atoms with E-state index in [1.807, 2.05) is 29.1 Å². The molecule has 3 aromatic rings. The largest absolute Gasteiger partial charge is 0.337 e. The SMILES string of the molecule is CN(Cc1cnn(Cc2ccccc2)c1)C(=O)c1cccc(Cl)c1Cl. The van der Waals surface area contributed by atoms with Crippen LogP contribution in [0.5, 0.6) is 0 Å².